The molecule has 1 unspecified atom stereocenters. The van der Waals surface area contributed by atoms with Gasteiger partial charge in [-0.25, -0.2) is 12.8 Å². The standard InChI is InChI=1S/C14H18FNO4S/c1-3-20-14(17)13-5-4-8-16(13)21(18,19)11-7-6-10(2)12(15)9-11/h6-7,9,13H,3-5,8H2,1-2H3. The van der Waals surface area contributed by atoms with Gasteiger partial charge in [0.25, 0.3) is 0 Å². The molecule has 7 heteroatoms. The summed E-state index contributed by atoms with van der Waals surface area (Å²) < 4.78 is 44.8. The molecule has 1 aliphatic heterocycles. The summed E-state index contributed by atoms with van der Waals surface area (Å²) in [5.41, 5.74) is 0.373. The molecule has 0 bridgehead atoms. The fourth-order valence-corrected chi connectivity index (χ4v) is 4.03. The number of carbonyl (C=O) groups is 1. The Morgan fingerprint density at radius 3 is 2.81 bits per heavy atom. The van der Waals surface area contributed by atoms with E-state index in [4.69, 9.17) is 4.74 Å². The summed E-state index contributed by atoms with van der Waals surface area (Å²) in [6, 6.07) is 2.94. The molecule has 5 nitrogen and oxygen atoms in total. The third-order valence-corrected chi connectivity index (χ3v) is 5.42. The molecule has 0 radical (unpaired) electrons. The average Bonchev–Trinajstić information content (AvgIpc) is 2.92. The van der Waals surface area contributed by atoms with E-state index in [1.165, 1.54) is 12.1 Å². The van der Waals surface area contributed by atoms with E-state index < -0.39 is 27.9 Å². The molecule has 1 saturated heterocycles. The van der Waals surface area contributed by atoms with Crippen LogP contribution < -0.4 is 0 Å². The zero-order chi connectivity index (χ0) is 15.6. The number of halogens is 1. The first-order chi connectivity index (χ1) is 9.87. The number of benzene rings is 1. The molecule has 0 spiro atoms. The number of ether oxygens (including phenoxy) is 1. The summed E-state index contributed by atoms with van der Waals surface area (Å²) in [5, 5.41) is 0. The third-order valence-electron chi connectivity index (χ3n) is 3.51. The summed E-state index contributed by atoms with van der Waals surface area (Å²) >= 11 is 0. The van der Waals surface area contributed by atoms with Crippen molar-refractivity contribution >= 4 is 16.0 Å². The lowest BCUT2D eigenvalue weighted by molar-refractivity contribution is -0.146. The fraction of sp³-hybridized carbons (Fsp3) is 0.500. The summed E-state index contributed by atoms with van der Waals surface area (Å²) in [4.78, 5) is 11.7. The number of aryl methyl sites for hydroxylation is 1. The van der Waals surface area contributed by atoms with Crippen LogP contribution in [-0.2, 0) is 19.6 Å². The van der Waals surface area contributed by atoms with Gasteiger partial charge in [0.05, 0.1) is 11.5 Å². The molecule has 21 heavy (non-hydrogen) atoms. The lowest BCUT2D eigenvalue weighted by Crippen LogP contribution is -2.41. The topological polar surface area (TPSA) is 63.7 Å². The van der Waals surface area contributed by atoms with E-state index in [0.29, 0.717) is 18.4 Å². The lowest BCUT2D eigenvalue weighted by atomic mass is 10.2. The Morgan fingerprint density at radius 1 is 1.48 bits per heavy atom. The Balaban J connectivity index is 2.33. The van der Waals surface area contributed by atoms with Gasteiger partial charge in [0.1, 0.15) is 11.9 Å². The van der Waals surface area contributed by atoms with Gasteiger partial charge in [-0.3, -0.25) is 4.79 Å². The van der Waals surface area contributed by atoms with Crippen LogP contribution in [0.2, 0.25) is 0 Å². The summed E-state index contributed by atoms with van der Waals surface area (Å²) in [6.07, 6.45) is 1.00. The molecule has 0 aliphatic carbocycles. The highest BCUT2D eigenvalue weighted by atomic mass is 32.2. The quantitative estimate of drug-likeness (QED) is 0.796. The number of hydrogen-bond acceptors (Lipinski definition) is 4. The smallest absolute Gasteiger partial charge is 0.324 e. The molecule has 1 fully saturated rings. The van der Waals surface area contributed by atoms with Crippen molar-refractivity contribution in [2.24, 2.45) is 0 Å². The summed E-state index contributed by atoms with van der Waals surface area (Å²) in [7, 11) is -3.90. The van der Waals surface area contributed by atoms with Gasteiger partial charge in [-0.05, 0) is 44.4 Å². The zero-order valence-corrected chi connectivity index (χ0v) is 12.8. The van der Waals surface area contributed by atoms with Crippen LogP contribution >= 0.6 is 0 Å². The van der Waals surface area contributed by atoms with E-state index in [2.05, 4.69) is 0 Å². The molecule has 0 amide bonds. The van der Waals surface area contributed by atoms with Crippen LogP contribution in [-0.4, -0.2) is 37.9 Å². The van der Waals surface area contributed by atoms with Crippen LogP contribution in [0.5, 0.6) is 0 Å². The highest BCUT2D eigenvalue weighted by Crippen LogP contribution is 2.27. The van der Waals surface area contributed by atoms with Gasteiger partial charge in [-0.15, -0.1) is 0 Å². The highest BCUT2D eigenvalue weighted by Gasteiger charge is 2.40. The number of esters is 1. The molecule has 1 heterocycles. The fourth-order valence-electron chi connectivity index (χ4n) is 2.37. The SMILES string of the molecule is CCOC(=O)C1CCCN1S(=O)(=O)c1ccc(C)c(F)c1. The maximum absolute atomic E-state index is 13.6. The van der Waals surface area contributed by atoms with Crippen LogP contribution in [0.15, 0.2) is 23.1 Å². The van der Waals surface area contributed by atoms with Crippen molar-refractivity contribution in [2.45, 2.75) is 37.6 Å². The molecule has 2 rings (SSSR count). The van der Waals surface area contributed by atoms with Crippen molar-refractivity contribution in [3.63, 3.8) is 0 Å². The van der Waals surface area contributed by atoms with Crippen molar-refractivity contribution in [3.05, 3.63) is 29.6 Å². The van der Waals surface area contributed by atoms with Crippen LogP contribution in [0.25, 0.3) is 0 Å². The van der Waals surface area contributed by atoms with Crippen molar-refractivity contribution in [1.29, 1.82) is 0 Å². The van der Waals surface area contributed by atoms with Gasteiger partial charge in [-0.1, -0.05) is 6.07 Å². The molecule has 0 aromatic heterocycles. The molecule has 116 valence electrons. The number of sulfonamides is 1. The molecule has 0 saturated carbocycles. The molecular weight excluding hydrogens is 297 g/mol. The van der Waals surface area contributed by atoms with E-state index in [1.54, 1.807) is 13.8 Å². The van der Waals surface area contributed by atoms with Crippen LogP contribution in [0.3, 0.4) is 0 Å². The number of hydrogen-bond donors (Lipinski definition) is 0. The van der Waals surface area contributed by atoms with Gasteiger partial charge in [-0.2, -0.15) is 4.31 Å². The van der Waals surface area contributed by atoms with Gasteiger partial charge < -0.3 is 4.74 Å². The molecule has 1 aromatic carbocycles. The Kier molecular flexibility index (Phi) is 4.63. The predicted molar refractivity (Wildman–Crippen MR) is 74.7 cm³/mol. The average molecular weight is 315 g/mol. The number of carbonyl (C=O) groups excluding carboxylic acids is 1. The third kappa shape index (κ3) is 3.08. The largest absolute Gasteiger partial charge is 0.465 e. The van der Waals surface area contributed by atoms with Crippen molar-refractivity contribution in [2.75, 3.05) is 13.2 Å². The minimum atomic E-state index is -3.90. The van der Waals surface area contributed by atoms with Crippen LogP contribution in [0.1, 0.15) is 25.3 Å². The second kappa shape index (κ2) is 6.11. The maximum atomic E-state index is 13.6. The Morgan fingerprint density at radius 2 is 2.19 bits per heavy atom. The number of rotatable bonds is 4. The van der Waals surface area contributed by atoms with Gasteiger partial charge in [0.15, 0.2) is 0 Å². The first kappa shape index (κ1) is 15.9. The summed E-state index contributed by atoms with van der Waals surface area (Å²) in [6.45, 7) is 3.66. The van der Waals surface area contributed by atoms with Gasteiger partial charge in [0.2, 0.25) is 10.0 Å². The molecule has 1 aliphatic rings. The Labute approximate surface area is 123 Å². The minimum Gasteiger partial charge on any atom is -0.465 e. The maximum Gasteiger partial charge on any atom is 0.324 e. The molecule has 1 aromatic rings. The Bertz CT molecular complexity index is 644. The molecule has 1 atom stereocenters. The normalized spacial score (nSPS) is 19.7. The first-order valence-corrected chi connectivity index (χ1v) is 8.26. The predicted octanol–water partition coefficient (Wildman–Crippen LogP) is 1.85. The summed E-state index contributed by atoms with van der Waals surface area (Å²) in [5.74, 6) is -1.13. The Hall–Kier alpha value is -1.47. The van der Waals surface area contributed by atoms with Crippen LogP contribution in [0, 0.1) is 12.7 Å². The van der Waals surface area contributed by atoms with E-state index in [0.717, 1.165) is 10.4 Å². The van der Waals surface area contributed by atoms with Gasteiger partial charge in [0, 0.05) is 6.54 Å². The number of nitrogens with zero attached hydrogens (tertiary/aromatic N) is 1. The van der Waals surface area contributed by atoms with Crippen molar-refractivity contribution in [1.82, 2.24) is 4.31 Å². The molecule has 0 N–H and O–H groups in total. The van der Waals surface area contributed by atoms with E-state index >= 15 is 0 Å². The monoisotopic (exact) mass is 315 g/mol. The highest BCUT2D eigenvalue weighted by molar-refractivity contribution is 7.89. The van der Waals surface area contributed by atoms with E-state index in [-0.39, 0.29) is 18.0 Å². The van der Waals surface area contributed by atoms with Crippen LogP contribution in [0.4, 0.5) is 4.39 Å². The minimum absolute atomic E-state index is 0.137. The lowest BCUT2D eigenvalue weighted by Gasteiger charge is -2.22. The second-order valence-electron chi connectivity index (χ2n) is 4.94. The van der Waals surface area contributed by atoms with E-state index in [1.807, 2.05) is 0 Å². The van der Waals surface area contributed by atoms with Crippen molar-refractivity contribution in [3.8, 4) is 0 Å². The first-order valence-electron chi connectivity index (χ1n) is 6.82. The van der Waals surface area contributed by atoms with E-state index in [9.17, 15) is 17.6 Å². The van der Waals surface area contributed by atoms with Crippen molar-refractivity contribution < 1.29 is 22.3 Å². The zero-order valence-electron chi connectivity index (χ0n) is 12.0. The second-order valence-corrected chi connectivity index (χ2v) is 6.83. The molecular formula is C14H18FNO4S. The van der Waals surface area contributed by atoms with Gasteiger partial charge >= 0.3 is 5.97 Å².